The van der Waals surface area contributed by atoms with Crippen LogP contribution in [0.1, 0.15) is 21.5 Å². The van der Waals surface area contributed by atoms with E-state index >= 15 is 0 Å². The first-order valence-electron chi connectivity index (χ1n) is 7.19. The predicted molar refractivity (Wildman–Crippen MR) is 93.2 cm³/mol. The average molecular weight is 323 g/mol. The molecule has 0 saturated carbocycles. The van der Waals surface area contributed by atoms with Gasteiger partial charge in [-0.15, -0.1) is 5.54 Å². The smallest absolute Gasteiger partial charge is 0.285 e. The fourth-order valence-electron chi connectivity index (χ4n) is 1.94. The minimum atomic E-state index is -1.64. The molecule has 0 spiro atoms. The average Bonchev–Trinajstić information content (AvgIpc) is 2.52. The summed E-state index contributed by atoms with van der Waals surface area (Å²) in [6.45, 7) is 6.21. The van der Waals surface area contributed by atoms with Crippen LogP contribution < -0.4 is 0 Å². The molecule has 0 aliphatic carbocycles. The van der Waals surface area contributed by atoms with Gasteiger partial charge in [0.2, 0.25) is 0 Å². The maximum Gasteiger partial charge on any atom is 0.285 e. The van der Waals surface area contributed by atoms with Crippen molar-refractivity contribution in [1.82, 2.24) is 0 Å². The molecule has 0 N–H and O–H groups in total. The molecule has 0 saturated heterocycles. The Morgan fingerprint density at radius 1 is 1.04 bits per heavy atom. The number of carbonyl (C=O) groups is 1. The number of hydrogen-bond donors (Lipinski definition) is 0. The largest absolute Gasteiger partial charge is 0.289 e. The van der Waals surface area contributed by atoms with Gasteiger partial charge in [-0.3, -0.25) is 14.9 Å². The number of hydrogen-bond acceptors (Lipinski definition) is 3. The number of ketones is 1. The fourth-order valence-corrected chi connectivity index (χ4v) is 2.45. The van der Waals surface area contributed by atoms with Crippen LogP contribution in [0.15, 0.2) is 48.5 Å². The molecule has 4 nitrogen and oxygen atoms in total. The van der Waals surface area contributed by atoms with Crippen molar-refractivity contribution in [3.8, 4) is 11.5 Å². The topological polar surface area (TPSA) is 60.2 Å². The second-order valence-electron chi connectivity index (χ2n) is 6.18. The van der Waals surface area contributed by atoms with Crippen molar-refractivity contribution in [1.29, 1.82) is 0 Å². The van der Waals surface area contributed by atoms with Gasteiger partial charge in [-0.25, -0.2) is 0 Å². The number of nitrogens with zero attached hydrogens (tertiary/aromatic N) is 1. The minimum Gasteiger partial charge on any atom is -0.289 e. The van der Waals surface area contributed by atoms with E-state index in [2.05, 4.69) is 31.1 Å². The van der Waals surface area contributed by atoms with E-state index in [0.29, 0.717) is 16.7 Å². The third kappa shape index (κ3) is 4.38. The van der Waals surface area contributed by atoms with Crippen LogP contribution in [0.25, 0.3) is 0 Å². The van der Waals surface area contributed by atoms with Gasteiger partial charge >= 0.3 is 0 Å². The van der Waals surface area contributed by atoms with E-state index in [4.69, 9.17) is 0 Å². The van der Waals surface area contributed by atoms with E-state index in [9.17, 15) is 14.9 Å². The molecular formula is C18H17NO3Si. The van der Waals surface area contributed by atoms with Gasteiger partial charge in [-0.05, 0) is 12.1 Å². The van der Waals surface area contributed by atoms with Crippen LogP contribution in [0.2, 0.25) is 19.6 Å². The second kappa shape index (κ2) is 6.59. The highest BCUT2D eigenvalue weighted by molar-refractivity contribution is 6.83. The van der Waals surface area contributed by atoms with E-state index in [1.165, 1.54) is 6.07 Å². The lowest BCUT2D eigenvalue weighted by molar-refractivity contribution is -0.385. The molecule has 5 heteroatoms. The van der Waals surface area contributed by atoms with E-state index in [0.717, 1.165) is 0 Å². The van der Waals surface area contributed by atoms with Gasteiger partial charge in [0.05, 0.1) is 4.92 Å². The Bertz CT molecular complexity index is 812. The number of nitro benzene ring substituents is 1. The SMILES string of the molecule is C[Si](C)(C)C#Cc1ccc(C(=O)c2ccccc2)cc1[N+](=O)[O-]. The van der Waals surface area contributed by atoms with Gasteiger partial charge in [0.15, 0.2) is 5.78 Å². The van der Waals surface area contributed by atoms with Crippen LogP contribution in [0.4, 0.5) is 5.69 Å². The van der Waals surface area contributed by atoms with Crippen molar-refractivity contribution in [3.05, 3.63) is 75.3 Å². The monoisotopic (exact) mass is 323 g/mol. The van der Waals surface area contributed by atoms with Gasteiger partial charge in [-0.1, -0.05) is 55.9 Å². The van der Waals surface area contributed by atoms with Crippen LogP contribution in [-0.4, -0.2) is 18.8 Å². The zero-order valence-electron chi connectivity index (χ0n) is 13.3. The normalized spacial score (nSPS) is 10.6. The Balaban J connectivity index is 2.46. The number of carbonyl (C=O) groups excluding carboxylic acids is 1. The molecule has 0 aliphatic heterocycles. The standard InChI is InChI=1S/C18H17NO3Si/c1-23(2,3)12-11-14-9-10-16(13-17(14)19(21)22)18(20)15-7-5-4-6-8-15/h4-10,13H,1-3H3. The van der Waals surface area contributed by atoms with Crippen molar-refractivity contribution >= 4 is 19.5 Å². The summed E-state index contributed by atoms with van der Waals surface area (Å²) in [5.74, 6) is 2.66. The van der Waals surface area contributed by atoms with Crippen LogP contribution in [0, 0.1) is 21.6 Å². The third-order valence-corrected chi connectivity index (χ3v) is 3.94. The molecule has 0 amide bonds. The van der Waals surface area contributed by atoms with Crippen molar-refractivity contribution in [2.75, 3.05) is 0 Å². The summed E-state index contributed by atoms with van der Waals surface area (Å²) in [7, 11) is -1.64. The molecular weight excluding hydrogens is 306 g/mol. The van der Waals surface area contributed by atoms with Crippen molar-refractivity contribution in [2.24, 2.45) is 0 Å². The quantitative estimate of drug-likeness (QED) is 0.281. The summed E-state index contributed by atoms with van der Waals surface area (Å²) < 4.78 is 0. The molecule has 0 unspecified atom stereocenters. The van der Waals surface area contributed by atoms with Crippen LogP contribution >= 0.6 is 0 Å². The molecule has 0 bridgehead atoms. The predicted octanol–water partition coefficient (Wildman–Crippen LogP) is 4.05. The molecule has 0 fully saturated rings. The first kappa shape index (κ1) is 16.7. The lowest BCUT2D eigenvalue weighted by atomic mass is 10.0. The van der Waals surface area contributed by atoms with Gasteiger partial charge in [0, 0.05) is 17.2 Å². The second-order valence-corrected chi connectivity index (χ2v) is 10.9. The van der Waals surface area contributed by atoms with Gasteiger partial charge in [0.1, 0.15) is 13.6 Å². The Morgan fingerprint density at radius 2 is 1.70 bits per heavy atom. The molecule has 23 heavy (non-hydrogen) atoms. The maximum absolute atomic E-state index is 12.4. The Morgan fingerprint density at radius 3 is 2.26 bits per heavy atom. The number of nitro groups is 1. The van der Waals surface area contributed by atoms with E-state index < -0.39 is 13.0 Å². The molecule has 2 aromatic carbocycles. The lowest BCUT2D eigenvalue weighted by Crippen LogP contribution is -2.16. The summed E-state index contributed by atoms with van der Waals surface area (Å²) >= 11 is 0. The third-order valence-electron chi connectivity index (χ3n) is 3.06. The van der Waals surface area contributed by atoms with Crippen LogP contribution in [0.3, 0.4) is 0 Å². The van der Waals surface area contributed by atoms with Gasteiger partial charge < -0.3 is 0 Å². The Labute approximate surface area is 136 Å². The molecule has 0 aromatic heterocycles. The molecule has 0 aliphatic rings. The zero-order valence-corrected chi connectivity index (χ0v) is 14.3. The molecule has 0 atom stereocenters. The Hall–Kier alpha value is -2.71. The number of benzene rings is 2. The lowest BCUT2D eigenvalue weighted by Gasteiger charge is -2.05. The molecule has 0 heterocycles. The van der Waals surface area contributed by atoms with Gasteiger partial charge in [-0.2, -0.15) is 0 Å². The summed E-state index contributed by atoms with van der Waals surface area (Å²) in [4.78, 5) is 23.2. The van der Waals surface area contributed by atoms with E-state index in [1.54, 1.807) is 36.4 Å². The van der Waals surface area contributed by atoms with E-state index in [1.807, 2.05) is 6.07 Å². The highest BCUT2D eigenvalue weighted by Crippen LogP contribution is 2.21. The summed E-state index contributed by atoms with van der Waals surface area (Å²) in [5, 5.41) is 11.3. The summed E-state index contributed by atoms with van der Waals surface area (Å²) in [6.07, 6.45) is 0. The fraction of sp³-hybridized carbons (Fsp3) is 0.167. The highest BCUT2D eigenvalue weighted by atomic mass is 28.3. The zero-order chi connectivity index (χ0) is 17.0. The number of rotatable bonds is 3. The molecule has 116 valence electrons. The highest BCUT2D eigenvalue weighted by Gasteiger charge is 2.18. The first-order chi connectivity index (χ1) is 10.8. The van der Waals surface area contributed by atoms with Crippen molar-refractivity contribution in [2.45, 2.75) is 19.6 Å². The summed E-state index contributed by atoms with van der Waals surface area (Å²) in [6, 6.07) is 13.2. The van der Waals surface area contributed by atoms with Crippen LogP contribution in [-0.2, 0) is 0 Å². The molecule has 2 aromatic rings. The van der Waals surface area contributed by atoms with Gasteiger partial charge in [0.25, 0.3) is 5.69 Å². The molecule has 2 rings (SSSR count). The van der Waals surface area contributed by atoms with Crippen LogP contribution in [0.5, 0.6) is 0 Å². The maximum atomic E-state index is 12.4. The van der Waals surface area contributed by atoms with Crippen molar-refractivity contribution in [3.63, 3.8) is 0 Å². The summed E-state index contributed by atoms with van der Waals surface area (Å²) in [5.41, 5.74) is 4.13. The van der Waals surface area contributed by atoms with E-state index in [-0.39, 0.29) is 11.5 Å². The van der Waals surface area contributed by atoms with Crippen molar-refractivity contribution < 1.29 is 9.72 Å². The first-order valence-corrected chi connectivity index (χ1v) is 10.7. The Kier molecular flexibility index (Phi) is 4.77. The molecule has 0 radical (unpaired) electrons. The minimum absolute atomic E-state index is 0.127.